The van der Waals surface area contributed by atoms with Crippen molar-refractivity contribution >= 4 is 0 Å². The quantitative estimate of drug-likeness (QED) is 0.794. The van der Waals surface area contributed by atoms with Gasteiger partial charge in [-0.1, -0.05) is 44.2 Å². The molecule has 1 aromatic carbocycles. The Hall–Kier alpha value is -0.820. The molecule has 0 aromatic heterocycles. The molecule has 2 rings (SSSR count). The van der Waals surface area contributed by atoms with Gasteiger partial charge in [0.1, 0.15) is 0 Å². The van der Waals surface area contributed by atoms with E-state index in [9.17, 15) is 0 Å². The zero-order valence-corrected chi connectivity index (χ0v) is 9.79. The second-order valence-electron chi connectivity index (χ2n) is 4.83. The largest absolute Gasteiger partial charge is 0.308 e. The van der Waals surface area contributed by atoms with E-state index in [1.54, 1.807) is 0 Å². The van der Waals surface area contributed by atoms with E-state index in [4.69, 9.17) is 0 Å². The van der Waals surface area contributed by atoms with Crippen molar-refractivity contribution < 1.29 is 0 Å². The number of hydrogen-bond acceptors (Lipinski definition) is 1. The molecular formula is C14H21N. The van der Waals surface area contributed by atoms with E-state index < -0.39 is 0 Å². The highest BCUT2D eigenvalue weighted by Gasteiger charge is 2.37. The van der Waals surface area contributed by atoms with Crippen LogP contribution < -0.4 is 5.32 Å². The molecule has 1 aliphatic rings. The summed E-state index contributed by atoms with van der Waals surface area (Å²) in [7, 11) is 0. The van der Waals surface area contributed by atoms with E-state index in [0.717, 1.165) is 12.5 Å². The molecule has 1 aromatic rings. The van der Waals surface area contributed by atoms with Gasteiger partial charge in [-0.05, 0) is 37.3 Å². The van der Waals surface area contributed by atoms with Crippen molar-refractivity contribution in [1.29, 1.82) is 0 Å². The summed E-state index contributed by atoms with van der Waals surface area (Å²) in [4.78, 5) is 0. The molecule has 0 radical (unpaired) electrons. The van der Waals surface area contributed by atoms with Crippen LogP contribution >= 0.6 is 0 Å². The average molecular weight is 203 g/mol. The van der Waals surface area contributed by atoms with Crippen LogP contribution in [0.1, 0.15) is 38.7 Å². The van der Waals surface area contributed by atoms with Crippen molar-refractivity contribution in [3.8, 4) is 0 Å². The highest BCUT2D eigenvalue weighted by atomic mass is 15.0. The van der Waals surface area contributed by atoms with E-state index in [2.05, 4.69) is 49.5 Å². The first-order valence-corrected chi connectivity index (χ1v) is 6.07. The molecule has 82 valence electrons. The molecule has 0 bridgehead atoms. The molecule has 1 saturated carbocycles. The number of rotatable bonds is 3. The summed E-state index contributed by atoms with van der Waals surface area (Å²) in [6.07, 6.45) is 3.92. The zero-order valence-electron chi connectivity index (χ0n) is 9.79. The molecule has 2 atom stereocenters. The Morgan fingerprint density at radius 1 is 1.33 bits per heavy atom. The van der Waals surface area contributed by atoms with Crippen molar-refractivity contribution in [3.63, 3.8) is 0 Å². The van der Waals surface area contributed by atoms with Crippen LogP contribution in [0.5, 0.6) is 0 Å². The molecule has 0 aliphatic heterocycles. The Morgan fingerprint density at radius 2 is 2.07 bits per heavy atom. The van der Waals surface area contributed by atoms with Crippen LogP contribution in [0.15, 0.2) is 30.3 Å². The van der Waals surface area contributed by atoms with Gasteiger partial charge in [-0.2, -0.15) is 0 Å². The number of nitrogens with one attached hydrogen (secondary N) is 1. The van der Waals surface area contributed by atoms with Crippen molar-refractivity contribution in [2.75, 3.05) is 6.54 Å². The lowest BCUT2D eigenvalue weighted by Gasteiger charge is -2.31. The van der Waals surface area contributed by atoms with Gasteiger partial charge in [0, 0.05) is 5.54 Å². The zero-order chi connectivity index (χ0) is 10.7. The second-order valence-corrected chi connectivity index (χ2v) is 4.83. The van der Waals surface area contributed by atoms with E-state index in [1.807, 2.05) is 0 Å². The minimum absolute atomic E-state index is 0.259. The van der Waals surface area contributed by atoms with Crippen LogP contribution in [0.25, 0.3) is 0 Å². The lowest BCUT2D eigenvalue weighted by Crippen LogP contribution is -2.39. The Bertz CT molecular complexity index is 302. The van der Waals surface area contributed by atoms with Gasteiger partial charge >= 0.3 is 0 Å². The summed E-state index contributed by atoms with van der Waals surface area (Å²) < 4.78 is 0. The first-order valence-electron chi connectivity index (χ1n) is 6.07. The monoisotopic (exact) mass is 203 g/mol. The van der Waals surface area contributed by atoms with Gasteiger partial charge in [-0.25, -0.2) is 0 Å². The maximum Gasteiger partial charge on any atom is 0.0437 e. The summed E-state index contributed by atoms with van der Waals surface area (Å²) in [5.74, 6) is 0.851. The molecule has 1 aliphatic carbocycles. The van der Waals surface area contributed by atoms with Gasteiger partial charge in [0.2, 0.25) is 0 Å². The van der Waals surface area contributed by atoms with Gasteiger partial charge in [0.15, 0.2) is 0 Å². The third kappa shape index (κ3) is 2.07. The number of hydrogen-bond donors (Lipinski definition) is 1. The first-order chi connectivity index (χ1) is 7.27. The van der Waals surface area contributed by atoms with E-state index >= 15 is 0 Å². The SMILES string of the molecule is CCNC1(c2ccccc2)CCC(C)C1. The van der Waals surface area contributed by atoms with Gasteiger partial charge in [0.05, 0.1) is 0 Å². The van der Waals surface area contributed by atoms with Crippen molar-refractivity contribution in [3.05, 3.63) is 35.9 Å². The standard InChI is InChI=1S/C14H21N/c1-3-15-14(10-9-12(2)11-14)13-7-5-4-6-8-13/h4-8,12,15H,3,9-11H2,1-2H3. The topological polar surface area (TPSA) is 12.0 Å². The van der Waals surface area contributed by atoms with Gasteiger partial charge in [0.25, 0.3) is 0 Å². The van der Waals surface area contributed by atoms with Crippen LogP contribution in [-0.2, 0) is 5.54 Å². The third-order valence-electron chi connectivity index (χ3n) is 3.60. The van der Waals surface area contributed by atoms with Crippen molar-refractivity contribution in [2.24, 2.45) is 5.92 Å². The lowest BCUT2D eigenvalue weighted by atomic mass is 9.87. The molecule has 1 heteroatoms. The predicted molar refractivity (Wildman–Crippen MR) is 64.8 cm³/mol. The summed E-state index contributed by atoms with van der Waals surface area (Å²) in [6.45, 7) is 5.62. The van der Waals surface area contributed by atoms with Crippen LogP contribution in [0.2, 0.25) is 0 Å². The second kappa shape index (κ2) is 4.36. The van der Waals surface area contributed by atoms with E-state index in [1.165, 1.54) is 24.8 Å². The van der Waals surface area contributed by atoms with Crippen LogP contribution in [-0.4, -0.2) is 6.54 Å². The molecule has 0 amide bonds. The fourth-order valence-corrected chi connectivity index (χ4v) is 2.91. The summed E-state index contributed by atoms with van der Waals surface area (Å²) in [5, 5.41) is 3.70. The molecule has 0 spiro atoms. The predicted octanol–water partition coefficient (Wildman–Crippen LogP) is 3.31. The smallest absolute Gasteiger partial charge is 0.0437 e. The van der Waals surface area contributed by atoms with Crippen molar-refractivity contribution in [2.45, 2.75) is 38.6 Å². The molecule has 15 heavy (non-hydrogen) atoms. The van der Waals surface area contributed by atoms with Crippen LogP contribution in [0, 0.1) is 5.92 Å². The third-order valence-corrected chi connectivity index (χ3v) is 3.60. The Labute approximate surface area is 92.9 Å². The summed E-state index contributed by atoms with van der Waals surface area (Å²) in [6, 6.07) is 10.9. The molecular weight excluding hydrogens is 182 g/mol. The minimum Gasteiger partial charge on any atom is -0.308 e. The van der Waals surface area contributed by atoms with E-state index in [-0.39, 0.29) is 5.54 Å². The fraction of sp³-hybridized carbons (Fsp3) is 0.571. The normalized spacial score (nSPS) is 30.7. The average Bonchev–Trinajstić information content (AvgIpc) is 2.63. The highest BCUT2D eigenvalue weighted by Crippen LogP contribution is 2.41. The maximum absolute atomic E-state index is 3.70. The maximum atomic E-state index is 3.70. The van der Waals surface area contributed by atoms with Gasteiger partial charge in [-0.15, -0.1) is 0 Å². The van der Waals surface area contributed by atoms with Crippen molar-refractivity contribution in [1.82, 2.24) is 5.32 Å². The molecule has 0 heterocycles. The fourth-order valence-electron chi connectivity index (χ4n) is 2.91. The number of benzene rings is 1. The highest BCUT2D eigenvalue weighted by molar-refractivity contribution is 5.26. The Morgan fingerprint density at radius 3 is 2.60 bits per heavy atom. The molecule has 2 unspecified atom stereocenters. The minimum atomic E-state index is 0.259. The van der Waals surface area contributed by atoms with Crippen LogP contribution in [0.4, 0.5) is 0 Å². The molecule has 1 nitrogen and oxygen atoms in total. The molecule has 0 saturated heterocycles. The molecule has 1 N–H and O–H groups in total. The summed E-state index contributed by atoms with van der Waals surface area (Å²) in [5.41, 5.74) is 1.73. The Balaban J connectivity index is 2.27. The summed E-state index contributed by atoms with van der Waals surface area (Å²) >= 11 is 0. The molecule has 1 fully saturated rings. The van der Waals surface area contributed by atoms with Gasteiger partial charge < -0.3 is 5.32 Å². The first kappa shape index (κ1) is 10.7. The lowest BCUT2D eigenvalue weighted by molar-refractivity contribution is 0.339. The Kier molecular flexibility index (Phi) is 3.11. The van der Waals surface area contributed by atoms with Crippen LogP contribution in [0.3, 0.4) is 0 Å². The van der Waals surface area contributed by atoms with E-state index in [0.29, 0.717) is 0 Å². The van der Waals surface area contributed by atoms with Gasteiger partial charge in [-0.3, -0.25) is 0 Å².